The number of rotatable bonds is 4. The highest BCUT2D eigenvalue weighted by molar-refractivity contribution is 5.19. The second kappa shape index (κ2) is 6.27. The van der Waals surface area contributed by atoms with Crippen molar-refractivity contribution in [2.24, 2.45) is 0 Å². The third kappa shape index (κ3) is 3.28. The molecule has 0 aliphatic carbocycles. The van der Waals surface area contributed by atoms with Crippen molar-refractivity contribution in [2.75, 3.05) is 6.61 Å². The predicted octanol–water partition coefficient (Wildman–Crippen LogP) is 2.79. The van der Waals surface area contributed by atoms with Crippen LogP contribution in [0, 0.1) is 5.82 Å². The molecule has 1 aromatic rings. The quantitative estimate of drug-likeness (QED) is 0.898. The van der Waals surface area contributed by atoms with E-state index in [1.54, 1.807) is 12.1 Å². The third-order valence-corrected chi connectivity index (χ3v) is 3.17. The molecule has 3 nitrogen and oxygen atoms in total. The van der Waals surface area contributed by atoms with Crippen molar-refractivity contribution in [1.29, 1.82) is 0 Å². The van der Waals surface area contributed by atoms with E-state index in [-0.39, 0.29) is 18.2 Å². The molecule has 0 radical (unpaired) electrons. The number of aliphatic hydroxyl groups excluding tert-OH is 1. The lowest BCUT2D eigenvalue weighted by atomic mass is 9.98. The van der Waals surface area contributed by atoms with E-state index in [1.807, 2.05) is 6.92 Å². The minimum absolute atomic E-state index is 0.233. The number of hydrogen-bond donors (Lipinski definition) is 1. The molecular weight excluding hydrogens is 235 g/mol. The van der Waals surface area contributed by atoms with Crippen LogP contribution in [-0.4, -0.2) is 24.1 Å². The maximum absolute atomic E-state index is 12.8. The lowest BCUT2D eigenvalue weighted by Gasteiger charge is -2.32. The largest absolute Gasteiger partial charge is 0.386 e. The summed E-state index contributed by atoms with van der Waals surface area (Å²) in [4.78, 5) is 0. The minimum atomic E-state index is -0.728. The summed E-state index contributed by atoms with van der Waals surface area (Å²) in [6, 6.07) is 5.88. The normalized spacial score (nSPS) is 25.9. The first-order chi connectivity index (χ1) is 8.70. The van der Waals surface area contributed by atoms with Crippen molar-refractivity contribution < 1.29 is 19.0 Å². The monoisotopic (exact) mass is 254 g/mol. The van der Waals surface area contributed by atoms with E-state index in [0.717, 1.165) is 19.3 Å². The van der Waals surface area contributed by atoms with Gasteiger partial charge >= 0.3 is 0 Å². The van der Waals surface area contributed by atoms with Gasteiger partial charge in [0.1, 0.15) is 11.9 Å². The summed E-state index contributed by atoms with van der Waals surface area (Å²) >= 11 is 0. The molecule has 1 aromatic carbocycles. The van der Waals surface area contributed by atoms with E-state index < -0.39 is 6.10 Å². The Labute approximate surface area is 107 Å². The summed E-state index contributed by atoms with van der Waals surface area (Å²) in [5.41, 5.74) is 0.679. The molecule has 0 bridgehead atoms. The van der Waals surface area contributed by atoms with Crippen molar-refractivity contribution in [1.82, 2.24) is 0 Å². The van der Waals surface area contributed by atoms with E-state index in [9.17, 15) is 9.50 Å². The van der Waals surface area contributed by atoms with E-state index >= 15 is 0 Å². The summed E-state index contributed by atoms with van der Waals surface area (Å²) < 4.78 is 24.0. The molecule has 1 heterocycles. The molecule has 0 saturated carbocycles. The van der Waals surface area contributed by atoms with E-state index in [0.29, 0.717) is 12.2 Å². The van der Waals surface area contributed by atoms with Crippen LogP contribution in [0.25, 0.3) is 0 Å². The van der Waals surface area contributed by atoms with Crippen LogP contribution >= 0.6 is 0 Å². The van der Waals surface area contributed by atoms with Gasteiger partial charge in [-0.15, -0.1) is 0 Å². The van der Waals surface area contributed by atoms with E-state index in [2.05, 4.69) is 0 Å². The molecule has 18 heavy (non-hydrogen) atoms. The van der Waals surface area contributed by atoms with Gasteiger partial charge in [-0.2, -0.15) is 0 Å². The van der Waals surface area contributed by atoms with Crippen molar-refractivity contribution in [3.63, 3.8) is 0 Å². The third-order valence-electron chi connectivity index (χ3n) is 3.17. The summed E-state index contributed by atoms with van der Waals surface area (Å²) in [6.45, 7) is 2.52. The highest BCUT2D eigenvalue weighted by Crippen LogP contribution is 2.29. The molecule has 0 spiro atoms. The van der Waals surface area contributed by atoms with Crippen LogP contribution < -0.4 is 0 Å². The number of ether oxygens (including phenoxy) is 2. The van der Waals surface area contributed by atoms with Crippen molar-refractivity contribution in [3.8, 4) is 0 Å². The lowest BCUT2D eigenvalue weighted by Crippen LogP contribution is -2.33. The predicted molar refractivity (Wildman–Crippen MR) is 65.5 cm³/mol. The number of hydrogen-bond acceptors (Lipinski definition) is 3. The average molecular weight is 254 g/mol. The highest BCUT2D eigenvalue weighted by atomic mass is 19.1. The fourth-order valence-electron chi connectivity index (χ4n) is 2.23. The molecule has 1 N–H and O–H groups in total. The molecule has 0 unspecified atom stereocenters. The van der Waals surface area contributed by atoms with Gasteiger partial charge in [0.25, 0.3) is 0 Å². The van der Waals surface area contributed by atoms with Crippen LogP contribution in [-0.2, 0) is 9.47 Å². The van der Waals surface area contributed by atoms with Crippen LogP contribution in [0.4, 0.5) is 4.39 Å². The van der Waals surface area contributed by atoms with Crippen molar-refractivity contribution in [3.05, 3.63) is 35.6 Å². The molecular formula is C14H19FO3. The molecule has 1 saturated heterocycles. The Morgan fingerprint density at radius 1 is 1.39 bits per heavy atom. The first-order valence-corrected chi connectivity index (χ1v) is 6.41. The molecule has 0 aromatic heterocycles. The molecule has 4 heteroatoms. The van der Waals surface area contributed by atoms with Crippen LogP contribution in [0.1, 0.15) is 37.9 Å². The van der Waals surface area contributed by atoms with Crippen molar-refractivity contribution in [2.45, 2.75) is 44.7 Å². The molecule has 100 valence electrons. The van der Waals surface area contributed by atoms with Gasteiger partial charge in [-0.3, -0.25) is 0 Å². The Morgan fingerprint density at radius 3 is 2.78 bits per heavy atom. The highest BCUT2D eigenvalue weighted by Gasteiger charge is 2.29. The second-order valence-electron chi connectivity index (χ2n) is 4.49. The standard InChI is InChI=1S/C14H19FO3/c1-2-17-13-5-3-4-12(18-13)14(16)10-6-8-11(15)9-7-10/h6-9,12-14,16H,2-5H2,1H3/t12-,13+,14-/m1/s1. The lowest BCUT2D eigenvalue weighted by molar-refractivity contribution is -0.213. The van der Waals surface area contributed by atoms with Gasteiger partial charge in [0.05, 0.1) is 6.10 Å². The van der Waals surface area contributed by atoms with Crippen LogP contribution in [0.2, 0.25) is 0 Å². The summed E-state index contributed by atoms with van der Waals surface area (Å²) in [5, 5.41) is 10.2. The second-order valence-corrected chi connectivity index (χ2v) is 4.49. The maximum Gasteiger partial charge on any atom is 0.158 e. The summed E-state index contributed by atoms with van der Waals surface area (Å²) in [5.74, 6) is -0.303. The molecule has 1 fully saturated rings. The summed E-state index contributed by atoms with van der Waals surface area (Å²) in [6.07, 6.45) is 1.38. The SMILES string of the molecule is CCO[C@@H]1CCC[C@H]([C@H](O)c2ccc(F)cc2)O1. The molecule has 2 rings (SSSR count). The Kier molecular flexibility index (Phi) is 4.69. The minimum Gasteiger partial charge on any atom is -0.386 e. The van der Waals surface area contributed by atoms with Crippen LogP contribution in [0.15, 0.2) is 24.3 Å². The van der Waals surface area contributed by atoms with Gasteiger partial charge in [0.15, 0.2) is 6.29 Å². The Balaban J connectivity index is 1.99. The van der Waals surface area contributed by atoms with Gasteiger partial charge in [-0.05, 0) is 43.9 Å². The maximum atomic E-state index is 12.8. The zero-order valence-corrected chi connectivity index (χ0v) is 10.5. The van der Waals surface area contributed by atoms with E-state index in [4.69, 9.17) is 9.47 Å². The van der Waals surface area contributed by atoms with Crippen LogP contribution in [0.5, 0.6) is 0 Å². The Bertz CT molecular complexity index is 364. The molecule has 1 aliphatic heterocycles. The fraction of sp³-hybridized carbons (Fsp3) is 0.571. The van der Waals surface area contributed by atoms with Gasteiger partial charge in [0.2, 0.25) is 0 Å². The number of benzene rings is 1. The number of halogens is 1. The van der Waals surface area contributed by atoms with Gasteiger partial charge in [-0.1, -0.05) is 12.1 Å². The smallest absolute Gasteiger partial charge is 0.158 e. The first-order valence-electron chi connectivity index (χ1n) is 6.41. The number of aliphatic hydroxyl groups is 1. The van der Waals surface area contributed by atoms with Crippen molar-refractivity contribution >= 4 is 0 Å². The molecule has 0 amide bonds. The zero-order valence-electron chi connectivity index (χ0n) is 10.5. The Hall–Kier alpha value is -0.970. The first kappa shape index (κ1) is 13.5. The zero-order chi connectivity index (χ0) is 13.0. The topological polar surface area (TPSA) is 38.7 Å². The molecule has 3 atom stereocenters. The molecule has 1 aliphatic rings. The Morgan fingerprint density at radius 2 is 2.11 bits per heavy atom. The summed E-state index contributed by atoms with van der Waals surface area (Å²) in [7, 11) is 0. The van der Waals surface area contributed by atoms with Gasteiger partial charge < -0.3 is 14.6 Å². The fourth-order valence-corrected chi connectivity index (χ4v) is 2.23. The van der Waals surface area contributed by atoms with Gasteiger partial charge in [0, 0.05) is 6.61 Å². The van der Waals surface area contributed by atoms with Gasteiger partial charge in [-0.25, -0.2) is 4.39 Å². The van der Waals surface area contributed by atoms with Crippen LogP contribution in [0.3, 0.4) is 0 Å². The van der Waals surface area contributed by atoms with E-state index in [1.165, 1.54) is 12.1 Å². The average Bonchev–Trinajstić information content (AvgIpc) is 2.39.